The number of benzene rings is 1. The van der Waals surface area contributed by atoms with E-state index < -0.39 is 0 Å². The summed E-state index contributed by atoms with van der Waals surface area (Å²) in [5.41, 5.74) is 1.05. The molecule has 1 aromatic carbocycles. The maximum atomic E-state index is 6.15. The van der Waals surface area contributed by atoms with Crippen LogP contribution in [0.4, 0.5) is 0 Å². The molecule has 3 nitrogen and oxygen atoms in total. The van der Waals surface area contributed by atoms with E-state index in [9.17, 15) is 0 Å². The minimum Gasteiger partial charge on any atom is -0.299 e. The summed E-state index contributed by atoms with van der Waals surface area (Å²) < 4.78 is 2.62. The van der Waals surface area contributed by atoms with E-state index in [1.807, 2.05) is 28.8 Å². The number of rotatable bonds is 3. The Hall–Kier alpha value is -1.13. The Bertz CT molecular complexity index is 571. The van der Waals surface area contributed by atoms with Gasteiger partial charge < -0.3 is 0 Å². The van der Waals surface area contributed by atoms with E-state index in [1.165, 1.54) is 0 Å². The predicted octanol–water partition coefficient (Wildman–Crippen LogP) is 3.77. The van der Waals surface area contributed by atoms with Crippen LogP contribution in [0, 0.1) is 4.77 Å². The number of nitrogens with zero attached hydrogens (tertiary/aromatic N) is 2. The first-order valence-electron chi connectivity index (χ1n) is 5.48. The van der Waals surface area contributed by atoms with Crippen molar-refractivity contribution in [2.45, 2.75) is 26.3 Å². The fraction of sp³-hybridized carbons (Fsp3) is 0.333. The Kier molecular flexibility index (Phi) is 3.64. The SMILES string of the molecule is CC(C)c1n[nH]c(=S)n1Cc1ccccc1Cl. The Morgan fingerprint density at radius 1 is 1.41 bits per heavy atom. The molecule has 2 rings (SSSR count). The quantitative estimate of drug-likeness (QED) is 0.859. The lowest BCUT2D eigenvalue weighted by molar-refractivity contribution is 0.664. The molecule has 0 unspecified atom stereocenters. The van der Waals surface area contributed by atoms with E-state index in [4.69, 9.17) is 23.8 Å². The lowest BCUT2D eigenvalue weighted by Gasteiger charge is -2.10. The number of aromatic nitrogens is 3. The molecule has 0 radical (unpaired) electrons. The number of nitrogens with one attached hydrogen (secondary N) is 1. The predicted molar refractivity (Wildman–Crippen MR) is 72.1 cm³/mol. The van der Waals surface area contributed by atoms with Crippen LogP contribution in [0.25, 0.3) is 0 Å². The molecule has 0 aliphatic heterocycles. The van der Waals surface area contributed by atoms with Gasteiger partial charge in [-0.3, -0.25) is 9.67 Å². The van der Waals surface area contributed by atoms with Crippen LogP contribution in [-0.2, 0) is 6.54 Å². The van der Waals surface area contributed by atoms with Gasteiger partial charge in [-0.1, -0.05) is 43.6 Å². The average molecular weight is 268 g/mol. The number of H-pyrrole nitrogens is 1. The minimum absolute atomic E-state index is 0.324. The number of aromatic amines is 1. The molecule has 17 heavy (non-hydrogen) atoms. The lowest BCUT2D eigenvalue weighted by atomic mass is 10.2. The summed E-state index contributed by atoms with van der Waals surface area (Å²) in [6, 6.07) is 7.78. The van der Waals surface area contributed by atoms with Crippen LogP contribution in [0.1, 0.15) is 31.2 Å². The molecule has 0 bridgehead atoms. The highest BCUT2D eigenvalue weighted by molar-refractivity contribution is 7.71. The molecule has 1 N–H and O–H groups in total. The smallest absolute Gasteiger partial charge is 0.195 e. The first-order valence-corrected chi connectivity index (χ1v) is 6.26. The zero-order chi connectivity index (χ0) is 12.4. The second kappa shape index (κ2) is 5.02. The fourth-order valence-electron chi connectivity index (χ4n) is 1.72. The fourth-order valence-corrected chi connectivity index (χ4v) is 2.12. The van der Waals surface area contributed by atoms with Gasteiger partial charge in [0, 0.05) is 10.9 Å². The third-order valence-corrected chi connectivity index (χ3v) is 3.27. The van der Waals surface area contributed by atoms with Crippen molar-refractivity contribution in [3.8, 4) is 0 Å². The number of hydrogen-bond acceptors (Lipinski definition) is 2. The molecule has 1 aromatic heterocycles. The summed E-state index contributed by atoms with van der Waals surface area (Å²) in [5.74, 6) is 1.28. The monoisotopic (exact) mass is 267 g/mol. The molecule has 1 heterocycles. The second-order valence-corrected chi connectivity index (χ2v) is 5.01. The van der Waals surface area contributed by atoms with E-state index in [2.05, 4.69) is 24.0 Å². The molecule has 0 saturated heterocycles. The molecule has 0 aliphatic rings. The van der Waals surface area contributed by atoms with Crippen molar-refractivity contribution in [1.82, 2.24) is 14.8 Å². The zero-order valence-corrected chi connectivity index (χ0v) is 11.3. The Morgan fingerprint density at radius 3 is 2.76 bits per heavy atom. The molecule has 0 amide bonds. The van der Waals surface area contributed by atoms with Crippen LogP contribution in [0.2, 0.25) is 5.02 Å². The third kappa shape index (κ3) is 2.58. The van der Waals surface area contributed by atoms with Gasteiger partial charge in [0.05, 0.1) is 6.54 Å². The molecule has 90 valence electrons. The highest BCUT2D eigenvalue weighted by atomic mass is 35.5. The molecule has 0 spiro atoms. The van der Waals surface area contributed by atoms with Gasteiger partial charge in [-0.05, 0) is 23.8 Å². The molecule has 0 aliphatic carbocycles. The van der Waals surface area contributed by atoms with Crippen molar-refractivity contribution >= 4 is 23.8 Å². The summed E-state index contributed by atoms with van der Waals surface area (Å²) in [5, 5.41) is 7.83. The van der Waals surface area contributed by atoms with Gasteiger partial charge in [-0.2, -0.15) is 5.10 Å². The molecule has 2 aromatic rings. The zero-order valence-electron chi connectivity index (χ0n) is 9.77. The first kappa shape index (κ1) is 12.3. The van der Waals surface area contributed by atoms with Crippen LogP contribution in [0.3, 0.4) is 0 Å². The molecular formula is C12H14ClN3S. The molecule has 0 saturated carbocycles. The summed E-state index contributed by atoms with van der Waals surface area (Å²) in [6.07, 6.45) is 0. The number of hydrogen-bond donors (Lipinski definition) is 1. The maximum Gasteiger partial charge on any atom is 0.195 e. The van der Waals surface area contributed by atoms with Gasteiger partial charge in [0.25, 0.3) is 0 Å². The maximum absolute atomic E-state index is 6.15. The summed E-state index contributed by atoms with van der Waals surface area (Å²) in [4.78, 5) is 0. The van der Waals surface area contributed by atoms with Crippen molar-refractivity contribution in [1.29, 1.82) is 0 Å². The first-order chi connectivity index (χ1) is 8.09. The van der Waals surface area contributed by atoms with Crippen molar-refractivity contribution in [2.75, 3.05) is 0 Å². The van der Waals surface area contributed by atoms with Crippen molar-refractivity contribution in [3.05, 3.63) is 45.4 Å². The van der Waals surface area contributed by atoms with Gasteiger partial charge in [-0.25, -0.2) is 0 Å². The number of halogens is 1. The molecule has 5 heteroatoms. The summed E-state index contributed by atoms with van der Waals surface area (Å²) in [7, 11) is 0. The highest BCUT2D eigenvalue weighted by Gasteiger charge is 2.11. The molecular weight excluding hydrogens is 254 g/mol. The van der Waals surface area contributed by atoms with Gasteiger partial charge in [0.1, 0.15) is 5.82 Å². The standard InChI is InChI=1S/C12H14ClN3S/c1-8(2)11-14-15-12(17)16(11)7-9-5-3-4-6-10(9)13/h3-6,8H,7H2,1-2H3,(H,15,17). The van der Waals surface area contributed by atoms with Crippen LogP contribution in [0.15, 0.2) is 24.3 Å². The van der Waals surface area contributed by atoms with Gasteiger partial charge in [0.2, 0.25) is 0 Å². The topological polar surface area (TPSA) is 33.6 Å². The Labute approximate surface area is 110 Å². The molecule has 0 fully saturated rings. The molecule has 0 atom stereocenters. The van der Waals surface area contributed by atoms with Crippen LogP contribution < -0.4 is 0 Å². The second-order valence-electron chi connectivity index (χ2n) is 4.22. The summed E-state index contributed by atoms with van der Waals surface area (Å²) >= 11 is 11.4. The van der Waals surface area contributed by atoms with Crippen molar-refractivity contribution in [2.24, 2.45) is 0 Å². The largest absolute Gasteiger partial charge is 0.299 e. The van der Waals surface area contributed by atoms with Crippen LogP contribution in [-0.4, -0.2) is 14.8 Å². The Morgan fingerprint density at radius 2 is 2.12 bits per heavy atom. The van der Waals surface area contributed by atoms with E-state index >= 15 is 0 Å². The Balaban J connectivity index is 2.40. The highest BCUT2D eigenvalue weighted by Crippen LogP contribution is 2.19. The van der Waals surface area contributed by atoms with Crippen molar-refractivity contribution < 1.29 is 0 Å². The van der Waals surface area contributed by atoms with Crippen LogP contribution >= 0.6 is 23.8 Å². The van der Waals surface area contributed by atoms with Gasteiger partial charge in [-0.15, -0.1) is 0 Å². The van der Waals surface area contributed by atoms with E-state index in [-0.39, 0.29) is 0 Å². The average Bonchev–Trinajstić information content (AvgIpc) is 2.64. The lowest BCUT2D eigenvalue weighted by Crippen LogP contribution is -2.07. The van der Waals surface area contributed by atoms with E-state index in [0.29, 0.717) is 17.2 Å². The van der Waals surface area contributed by atoms with E-state index in [1.54, 1.807) is 0 Å². The normalized spacial score (nSPS) is 11.1. The van der Waals surface area contributed by atoms with Gasteiger partial charge in [0.15, 0.2) is 4.77 Å². The minimum atomic E-state index is 0.324. The van der Waals surface area contributed by atoms with E-state index in [0.717, 1.165) is 16.4 Å². The van der Waals surface area contributed by atoms with Gasteiger partial charge >= 0.3 is 0 Å². The third-order valence-electron chi connectivity index (χ3n) is 2.59. The van der Waals surface area contributed by atoms with Crippen LogP contribution in [0.5, 0.6) is 0 Å². The summed E-state index contributed by atoms with van der Waals surface area (Å²) in [6.45, 7) is 4.84. The van der Waals surface area contributed by atoms with Crippen molar-refractivity contribution in [3.63, 3.8) is 0 Å².